The van der Waals surface area contributed by atoms with Crippen molar-refractivity contribution in [1.82, 2.24) is 15.1 Å². The smallest absolute Gasteiger partial charge is 0.330 e. The Bertz CT molecular complexity index is 734. The number of aryl methyl sites for hydroxylation is 4. The number of carbonyl (C=O) groups excluding carboxylic acids is 1. The van der Waals surface area contributed by atoms with Gasteiger partial charge >= 0.3 is 5.97 Å². The van der Waals surface area contributed by atoms with Gasteiger partial charge in [-0.2, -0.15) is 5.10 Å². The van der Waals surface area contributed by atoms with E-state index in [1.807, 2.05) is 19.9 Å². The van der Waals surface area contributed by atoms with Gasteiger partial charge in [0.05, 0.1) is 11.3 Å². The van der Waals surface area contributed by atoms with Gasteiger partial charge in [0.2, 0.25) is 0 Å². The molecule has 0 bridgehead atoms. The molecular weight excluding hydrogens is 282 g/mol. The van der Waals surface area contributed by atoms with Crippen LogP contribution in [0, 0.1) is 20.8 Å². The molecule has 0 aliphatic carbocycles. The Morgan fingerprint density at radius 2 is 1.91 bits per heavy atom. The summed E-state index contributed by atoms with van der Waals surface area (Å²) in [6.07, 6.45) is 1.57. The largest absolute Gasteiger partial charge is 0.479 e. The molecule has 1 amide bonds. The van der Waals surface area contributed by atoms with Crippen LogP contribution in [0.3, 0.4) is 0 Å². The predicted molar refractivity (Wildman–Crippen MR) is 81.7 cm³/mol. The van der Waals surface area contributed by atoms with E-state index in [1.54, 1.807) is 32.3 Å². The number of aromatic nitrogens is 2. The fourth-order valence-electron chi connectivity index (χ4n) is 2.26. The normalized spacial score (nSPS) is 12.0. The highest BCUT2D eigenvalue weighted by Crippen LogP contribution is 2.18. The average Bonchev–Trinajstić information content (AvgIpc) is 2.78. The van der Waals surface area contributed by atoms with Crippen molar-refractivity contribution in [2.45, 2.75) is 26.8 Å². The maximum atomic E-state index is 12.3. The van der Waals surface area contributed by atoms with Crippen molar-refractivity contribution in [3.63, 3.8) is 0 Å². The van der Waals surface area contributed by atoms with E-state index in [0.29, 0.717) is 16.8 Å². The Kier molecular flexibility index (Phi) is 4.30. The van der Waals surface area contributed by atoms with Crippen LogP contribution in [0.1, 0.15) is 38.8 Å². The fourth-order valence-corrected chi connectivity index (χ4v) is 2.26. The SMILES string of the molecule is Cc1ccc(C(NC(=O)c2cn(C)nc2C)C(=O)O)cc1C. The molecule has 6 heteroatoms. The molecule has 1 atom stereocenters. The summed E-state index contributed by atoms with van der Waals surface area (Å²) < 4.78 is 1.52. The number of aliphatic carboxylic acids is 1. The molecule has 2 N–H and O–H groups in total. The van der Waals surface area contributed by atoms with Crippen LogP contribution in [0.4, 0.5) is 0 Å². The predicted octanol–water partition coefficient (Wildman–Crippen LogP) is 1.90. The Morgan fingerprint density at radius 1 is 1.23 bits per heavy atom. The van der Waals surface area contributed by atoms with Crippen molar-refractivity contribution >= 4 is 11.9 Å². The van der Waals surface area contributed by atoms with E-state index in [0.717, 1.165) is 11.1 Å². The molecular formula is C16H19N3O3. The topological polar surface area (TPSA) is 84.2 Å². The van der Waals surface area contributed by atoms with Gasteiger partial charge in [-0.05, 0) is 37.5 Å². The second-order valence-corrected chi connectivity index (χ2v) is 5.39. The van der Waals surface area contributed by atoms with Crippen LogP contribution in [-0.4, -0.2) is 26.8 Å². The van der Waals surface area contributed by atoms with Gasteiger partial charge in [-0.25, -0.2) is 4.79 Å². The van der Waals surface area contributed by atoms with E-state index in [2.05, 4.69) is 10.4 Å². The van der Waals surface area contributed by atoms with Crippen LogP contribution >= 0.6 is 0 Å². The molecule has 116 valence electrons. The standard InChI is InChI=1S/C16H19N3O3/c1-9-5-6-12(7-10(9)2)14(16(21)22)17-15(20)13-8-19(4)18-11(13)3/h5-8,14H,1-4H3,(H,17,20)(H,21,22). The van der Waals surface area contributed by atoms with Gasteiger partial charge in [0.15, 0.2) is 6.04 Å². The zero-order valence-corrected chi connectivity index (χ0v) is 13.0. The summed E-state index contributed by atoms with van der Waals surface area (Å²) in [5, 5.41) is 16.1. The fraction of sp³-hybridized carbons (Fsp3) is 0.312. The molecule has 1 unspecified atom stereocenters. The first-order valence-corrected chi connectivity index (χ1v) is 6.90. The molecule has 0 aliphatic heterocycles. The van der Waals surface area contributed by atoms with Gasteiger partial charge in [-0.15, -0.1) is 0 Å². The molecule has 1 aromatic heterocycles. The second kappa shape index (κ2) is 6.01. The number of nitrogens with one attached hydrogen (secondary N) is 1. The number of hydrogen-bond acceptors (Lipinski definition) is 3. The number of carboxylic acids is 1. The molecule has 1 aromatic carbocycles. The summed E-state index contributed by atoms with van der Waals surface area (Å²) in [5.74, 6) is -1.55. The number of benzene rings is 1. The summed E-state index contributed by atoms with van der Waals surface area (Å²) in [6, 6.07) is 4.26. The third-order valence-electron chi connectivity index (χ3n) is 3.64. The number of hydrogen-bond donors (Lipinski definition) is 2. The molecule has 0 fully saturated rings. The highest BCUT2D eigenvalue weighted by molar-refractivity contribution is 5.97. The van der Waals surface area contributed by atoms with Crippen LogP contribution in [0.15, 0.2) is 24.4 Å². The third-order valence-corrected chi connectivity index (χ3v) is 3.64. The lowest BCUT2D eigenvalue weighted by atomic mass is 10.0. The van der Waals surface area contributed by atoms with Crippen molar-refractivity contribution < 1.29 is 14.7 Å². The summed E-state index contributed by atoms with van der Waals surface area (Å²) in [7, 11) is 1.71. The zero-order valence-electron chi connectivity index (χ0n) is 13.0. The minimum absolute atomic E-state index is 0.373. The van der Waals surface area contributed by atoms with E-state index in [4.69, 9.17) is 0 Å². The summed E-state index contributed by atoms with van der Waals surface area (Å²) in [4.78, 5) is 23.8. The van der Waals surface area contributed by atoms with Crippen molar-refractivity contribution in [2.75, 3.05) is 0 Å². The molecule has 0 spiro atoms. The highest BCUT2D eigenvalue weighted by atomic mass is 16.4. The first-order valence-electron chi connectivity index (χ1n) is 6.90. The Balaban J connectivity index is 2.29. The van der Waals surface area contributed by atoms with E-state index in [-0.39, 0.29) is 0 Å². The molecule has 6 nitrogen and oxygen atoms in total. The first-order chi connectivity index (χ1) is 10.3. The van der Waals surface area contributed by atoms with E-state index in [1.165, 1.54) is 4.68 Å². The monoisotopic (exact) mass is 301 g/mol. The minimum Gasteiger partial charge on any atom is -0.479 e. The molecule has 0 saturated heterocycles. The Labute approximate surface area is 128 Å². The van der Waals surface area contributed by atoms with Gasteiger partial charge in [-0.3, -0.25) is 9.48 Å². The lowest BCUT2D eigenvalue weighted by Crippen LogP contribution is -2.34. The lowest BCUT2D eigenvalue weighted by Gasteiger charge is -2.16. The van der Waals surface area contributed by atoms with Crippen molar-refractivity contribution in [2.24, 2.45) is 7.05 Å². The third kappa shape index (κ3) is 3.16. The van der Waals surface area contributed by atoms with Crippen LogP contribution in [0.2, 0.25) is 0 Å². The van der Waals surface area contributed by atoms with Gasteiger partial charge < -0.3 is 10.4 Å². The lowest BCUT2D eigenvalue weighted by molar-refractivity contribution is -0.139. The number of rotatable bonds is 4. The number of carboxylic acid groups (broad SMARTS) is 1. The molecule has 2 aromatic rings. The Hall–Kier alpha value is -2.63. The summed E-state index contributed by atoms with van der Waals surface area (Å²) >= 11 is 0. The van der Waals surface area contributed by atoms with Crippen LogP contribution in [0.5, 0.6) is 0 Å². The molecule has 22 heavy (non-hydrogen) atoms. The maximum absolute atomic E-state index is 12.3. The highest BCUT2D eigenvalue weighted by Gasteiger charge is 2.24. The second-order valence-electron chi connectivity index (χ2n) is 5.39. The average molecular weight is 301 g/mol. The van der Waals surface area contributed by atoms with Crippen molar-refractivity contribution in [1.29, 1.82) is 0 Å². The molecule has 0 radical (unpaired) electrons. The summed E-state index contributed by atoms with van der Waals surface area (Å²) in [6.45, 7) is 5.57. The minimum atomic E-state index is -1.10. The van der Waals surface area contributed by atoms with Crippen molar-refractivity contribution in [3.8, 4) is 0 Å². The summed E-state index contributed by atoms with van der Waals surface area (Å²) in [5.41, 5.74) is 3.53. The van der Waals surface area contributed by atoms with Gasteiger partial charge in [0, 0.05) is 13.2 Å². The van der Waals surface area contributed by atoms with Gasteiger partial charge in [0.1, 0.15) is 0 Å². The van der Waals surface area contributed by atoms with Crippen LogP contribution in [0.25, 0.3) is 0 Å². The molecule has 1 heterocycles. The van der Waals surface area contributed by atoms with Gasteiger partial charge in [0.25, 0.3) is 5.91 Å². The quantitative estimate of drug-likeness (QED) is 0.903. The molecule has 0 saturated carbocycles. The van der Waals surface area contributed by atoms with Crippen LogP contribution < -0.4 is 5.32 Å². The molecule has 0 aliphatic rings. The van der Waals surface area contributed by atoms with E-state index >= 15 is 0 Å². The Morgan fingerprint density at radius 3 is 2.41 bits per heavy atom. The maximum Gasteiger partial charge on any atom is 0.330 e. The number of carbonyl (C=O) groups is 2. The van der Waals surface area contributed by atoms with E-state index in [9.17, 15) is 14.7 Å². The molecule has 2 rings (SSSR count). The number of nitrogens with zero attached hydrogens (tertiary/aromatic N) is 2. The van der Waals surface area contributed by atoms with Crippen molar-refractivity contribution in [3.05, 3.63) is 52.3 Å². The zero-order chi connectivity index (χ0) is 16.4. The first kappa shape index (κ1) is 15.8. The van der Waals surface area contributed by atoms with Crippen LogP contribution in [-0.2, 0) is 11.8 Å². The van der Waals surface area contributed by atoms with Gasteiger partial charge in [-0.1, -0.05) is 18.2 Å². The van der Waals surface area contributed by atoms with E-state index < -0.39 is 17.9 Å². The number of amides is 1.